The molecule has 0 radical (unpaired) electrons. The van der Waals surface area contributed by atoms with Crippen LogP contribution in [0.25, 0.3) is 0 Å². The summed E-state index contributed by atoms with van der Waals surface area (Å²) in [6, 6.07) is 0. The molecular formula is C65H106O6. The van der Waals surface area contributed by atoms with Crippen LogP contribution in [-0.2, 0) is 28.6 Å². The van der Waals surface area contributed by atoms with Gasteiger partial charge in [0.25, 0.3) is 0 Å². The molecule has 402 valence electrons. The second kappa shape index (κ2) is 58.4. The van der Waals surface area contributed by atoms with Gasteiger partial charge in [0.1, 0.15) is 13.2 Å². The summed E-state index contributed by atoms with van der Waals surface area (Å²) in [4.78, 5) is 38.1. The Morgan fingerprint density at radius 1 is 0.296 bits per heavy atom. The van der Waals surface area contributed by atoms with E-state index in [0.717, 1.165) is 154 Å². The largest absolute Gasteiger partial charge is 0.462 e. The highest BCUT2D eigenvalue weighted by Crippen LogP contribution is 2.13. The predicted octanol–water partition coefficient (Wildman–Crippen LogP) is 19.6. The number of esters is 3. The summed E-state index contributed by atoms with van der Waals surface area (Å²) in [7, 11) is 0. The first-order valence-electron chi connectivity index (χ1n) is 29.0. The van der Waals surface area contributed by atoms with Crippen LogP contribution in [0.4, 0.5) is 0 Å². The van der Waals surface area contributed by atoms with Gasteiger partial charge in [0.05, 0.1) is 0 Å². The molecule has 0 aromatic heterocycles. The van der Waals surface area contributed by atoms with Crippen molar-refractivity contribution in [3.05, 3.63) is 122 Å². The van der Waals surface area contributed by atoms with Gasteiger partial charge >= 0.3 is 17.9 Å². The zero-order valence-corrected chi connectivity index (χ0v) is 45.9. The Bertz CT molecular complexity index is 1500. The van der Waals surface area contributed by atoms with Crippen LogP contribution >= 0.6 is 0 Å². The van der Waals surface area contributed by atoms with Crippen molar-refractivity contribution in [2.24, 2.45) is 0 Å². The highest BCUT2D eigenvalue weighted by atomic mass is 16.6. The van der Waals surface area contributed by atoms with E-state index in [2.05, 4.69) is 142 Å². The molecule has 0 aliphatic heterocycles. The summed E-state index contributed by atoms with van der Waals surface area (Å²) in [5.41, 5.74) is 0. The molecule has 1 atom stereocenters. The average molecular weight is 984 g/mol. The SMILES string of the molecule is CC/C=C\C/C=C\C/C=C\C/C=C\C/C=C\C/C=C\C/C=C\CCCCCC(=O)OCC(COC(=O)CCCCCCC/C=C\C/C=C\CCC)OC(=O)CCCCCCC/C=C\CCCCCCCC. The van der Waals surface area contributed by atoms with Crippen molar-refractivity contribution in [1.29, 1.82) is 0 Å². The number of unbranched alkanes of at least 4 members (excludes halogenated alkanes) is 20. The molecule has 0 aliphatic carbocycles. The third-order valence-corrected chi connectivity index (χ3v) is 11.9. The molecule has 0 aromatic rings. The van der Waals surface area contributed by atoms with E-state index in [1.807, 2.05) is 0 Å². The second-order valence-electron chi connectivity index (χ2n) is 18.8. The summed E-state index contributed by atoms with van der Waals surface area (Å²) in [6.07, 6.45) is 80.4. The molecule has 71 heavy (non-hydrogen) atoms. The molecule has 6 nitrogen and oxygen atoms in total. The zero-order valence-electron chi connectivity index (χ0n) is 45.9. The normalized spacial score (nSPS) is 13.0. The van der Waals surface area contributed by atoms with Crippen LogP contribution in [0, 0.1) is 0 Å². The number of allylic oxidation sites excluding steroid dienone is 20. The lowest BCUT2D eigenvalue weighted by atomic mass is 10.1. The van der Waals surface area contributed by atoms with Crippen LogP contribution in [0.15, 0.2) is 122 Å². The summed E-state index contributed by atoms with van der Waals surface area (Å²) < 4.78 is 16.8. The molecule has 0 spiro atoms. The summed E-state index contributed by atoms with van der Waals surface area (Å²) in [5.74, 6) is -0.960. The molecule has 0 aromatic carbocycles. The van der Waals surface area contributed by atoms with Gasteiger partial charge in [-0.15, -0.1) is 0 Å². The Morgan fingerprint density at radius 3 is 0.944 bits per heavy atom. The van der Waals surface area contributed by atoms with E-state index in [4.69, 9.17) is 14.2 Å². The highest BCUT2D eigenvalue weighted by Gasteiger charge is 2.19. The maximum atomic E-state index is 12.8. The lowest BCUT2D eigenvalue weighted by Gasteiger charge is -2.18. The Kier molecular flexibility index (Phi) is 54.9. The minimum absolute atomic E-state index is 0.102. The van der Waals surface area contributed by atoms with Gasteiger partial charge in [0, 0.05) is 19.3 Å². The third-order valence-electron chi connectivity index (χ3n) is 11.9. The minimum atomic E-state index is -0.806. The van der Waals surface area contributed by atoms with Crippen LogP contribution in [0.1, 0.15) is 252 Å². The Morgan fingerprint density at radius 2 is 0.577 bits per heavy atom. The first kappa shape index (κ1) is 66.8. The molecule has 0 saturated heterocycles. The van der Waals surface area contributed by atoms with Crippen molar-refractivity contribution in [3.63, 3.8) is 0 Å². The van der Waals surface area contributed by atoms with Crippen molar-refractivity contribution < 1.29 is 28.6 Å². The van der Waals surface area contributed by atoms with Gasteiger partial charge in [0.15, 0.2) is 6.10 Å². The molecule has 0 amide bonds. The lowest BCUT2D eigenvalue weighted by molar-refractivity contribution is -0.167. The van der Waals surface area contributed by atoms with E-state index in [1.54, 1.807) is 0 Å². The van der Waals surface area contributed by atoms with Crippen molar-refractivity contribution in [2.75, 3.05) is 13.2 Å². The number of ether oxygens (including phenoxy) is 3. The molecule has 6 heteroatoms. The Labute approximate surface area is 437 Å². The van der Waals surface area contributed by atoms with Crippen LogP contribution in [0.5, 0.6) is 0 Å². The molecule has 0 heterocycles. The van der Waals surface area contributed by atoms with Gasteiger partial charge in [-0.1, -0.05) is 226 Å². The van der Waals surface area contributed by atoms with Gasteiger partial charge in [-0.3, -0.25) is 14.4 Å². The summed E-state index contributed by atoms with van der Waals surface area (Å²) >= 11 is 0. The van der Waals surface area contributed by atoms with Crippen LogP contribution < -0.4 is 0 Å². The van der Waals surface area contributed by atoms with E-state index in [-0.39, 0.29) is 31.1 Å². The fraction of sp³-hybridized carbons (Fsp3) is 0.646. The van der Waals surface area contributed by atoms with Crippen LogP contribution in [0.3, 0.4) is 0 Å². The predicted molar refractivity (Wildman–Crippen MR) is 306 cm³/mol. The van der Waals surface area contributed by atoms with Crippen molar-refractivity contribution >= 4 is 17.9 Å². The second-order valence-corrected chi connectivity index (χ2v) is 18.8. The minimum Gasteiger partial charge on any atom is -0.462 e. The standard InChI is InChI=1S/C65H106O6/c1-4-7-10-13-16-19-22-25-27-28-29-30-31-32-33-34-35-36-38-40-43-46-49-52-55-58-64(67)70-61-62(60-69-63(66)57-54-51-48-45-42-39-24-21-18-15-12-9-6-3)71-65(68)59-56-53-50-47-44-41-37-26-23-20-17-14-11-8-5-2/h7,10,12,15-16,19,21,24-27,29-30,32-33,35-37,40,43,62H,4-6,8-9,11,13-14,17-18,20,22-23,28,31,34,38-39,41-42,44-61H2,1-3H3/b10-7-,15-12-,19-16-,24-21-,27-25-,30-29-,33-32-,36-35-,37-26-,43-40-. The average Bonchev–Trinajstić information content (AvgIpc) is 3.37. The van der Waals surface area contributed by atoms with Crippen LogP contribution in [-0.4, -0.2) is 37.2 Å². The van der Waals surface area contributed by atoms with Gasteiger partial charge in [-0.2, -0.15) is 0 Å². The fourth-order valence-corrected chi connectivity index (χ4v) is 7.57. The number of rotatable bonds is 51. The Balaban J connectivity index is 4.44. The first-order valence-corrected chi connectivity index (χ1v) is 29.0. The van der Waals surface area contributed by atoms with Gasteiger partial charge < -0.3 is 14.2 Å². The number of hydrogen-bond acceptors (Lipinski definition) is 6. The highest BCUT2D eigenvalue weighted by molar-refractivity contribution is 5.71. The van der Waals surface area contributed by atoms with E-state index in [9.17, 15) is 14.4 Å². The topological polar surface area (TPSA) is 78.9 Å². The van der Waals surface area contributed by atoms with E-state index in [0.29, 0.717) is 19.3 Å². The van der Waals surface area contributed by atoms with Gasteiger partial charge in [0.2, 0.25) is 0 Å². The van der Waals surface area contributed by atoms with Crippen LogP contribution in [0.2, 0.25) is 0 Å². The summed E-state index contributed by atoms with van der Waals surface area (Å²) in [5, 5.41) is 0. The molecular weight excluding hydrogens is 877 g/mol. The van der Waals surface area contributed by atoms with E-state index in [1.165, 1.54) is 57.8 Å². The molecule has 0 bridgehead atoms. The maximum Gasteiger partial charge on any atom is 0.306 e. The number of carbonyl (C=O) groups is 3. The maximum absolute atomic E-state index is 12.8. The van der Waals surface area contributed by atoms with Gasteiger partial charge in [-0.25, -0.2) is 0 Å². The number of carbonyl (C=O) groups excluding carboxylic acids is 3. The third kappa shape index (κ3) is 56.6. The lowest BCUT2D eigenvalue weighted by Crippen LogP contribution is -2.30. The van der Waals surface area contributed by atoms with Crippen molar-refractivity contribution in [3.8, 4) is 0 Å². The van der Waals surface area contributed by atoms with E-state index >= 15 is 0 Å². The molecule has 1 unspecified atom stereocenters. The first-order chi connectivity index (χ1) is 35.0. The number of hydrogen-bond donors (Lipinski definition) is 0. The monoisotopic (exact) mass is 983 g/mol. The summed E-state index contributed by atoms with van der Waals surface area (Å²) in [6.45, 7) is 6.40. The van der Waals surface area contributed by atoms with Gasteiger partial charge in [-0.05, 0) is 128 Å². The fourth-order valence-electron chi connectivity index (χ4n) is 7.57. The molecule has 0 rings (SSSR count). The molecule has 0 saturated carbocycles. The molecule has 0 fully saturated rings. The van der Waals surface area contributed by atoms with Crippen molar-refractivity contribution in [2.45, 2.75) is 258 Å². The molecule has 0 aliphatic rings. The smallest absolute Gasteiger partial charge is 0.306 e. The Hall–Kier alpha value is -4.19. The zero-order chi connectivity index (χ0) is 51.4. The van der Waals surface area contributed by atoms with Crippen molar-refractivity contribution in [1.82, 2.24) is 0 Å². The molecule has 0 N–H and O–H groups in total. The quantitative estimate of drug-likeness (QED) is 0.0261. The van der Waals surface area contributed by atoms with E-state index < -0.39 is 6.10 Å².